The molecule has 0 bridgehead atoms. The van der Waals surface area contributed by atoms with E-state index in [1.165, 1.54) is 31.9 Å². The second kappa shape index (κ2) is 9.08. The van der Waals surface area contributed by atoms with Gasteiger partial charge in [-0.2, -0.15) is 0 Å². The lowest BCUT2D eigenvalue weighted by Gasteiger charge is -2.34. The Bertz CT molecular complexity index is 515. The summed E-state index contributed by atoms with van der Waals surface area (Å²) in [5, 5.41) is 3.53. The Hall–Kier alpha value is -1.53. The van der Waals surface area contributed by atoms with Crippen LogP contribution >= 0.6 is 0 Å². The molecule has 0 aliphatic carbocycles. The van der Waals surface area contributed by atoms with E-state index in [1.54, 1.807) is 0 Å². The fourth-order valence-corrected chi connectivity index (χ4v) is 3.16. The summed E-state index contributed by atoms with van der Waals surface area (Å²) < 4.78 is 2.15. The molecule has 0 spiro atoms. The number of hydrogen-bond acceptors (Lipinski definition) is 3. The van der Waals surface area contributed by atoms with Crippen LogP contribution in [0.25, 0.3) is 0 Å². The minimum absolute atomic E-state index is 0.605. The Kier molecular flexibility index (Phi) is 7.12. The van der Waals surface area contributed by atoms with E-state index in [2.05, 4.69) is 76.0 Å². The molecule has 1 N–H and O–H groups in total. The lowest BCUT2D eigenvalue weighted by atomic mass is 10.1. The lowest BCUT2D eigenvalue weighted by molar-refractivity contribution is 0.139. The zero-order valence-corrected chi connectivity index (χ0v) is 16.0. The topological polar surface area (TPSA) is 39.0 Å². The molecule has 1 saturated heterocycles. The van der Waals surface area contributed by atoms with Gasteiger partial charge in [0.25, 0.3) is 0 Å². The molecule has 24 heavy (non-hydrogen) atoms. The predicted octanol–water partition coefficient (Wildman–Crippen LogP) is 0.916. The van der Waals surface area contributed by atoms with Crippen LogP contribution in [0, 0.1) is 5.92 Å². The quantitative estimate of drug-likeness (QED) is 0.620. The number of aliphatic imine (C=N–C) groups is 1. The van der Waals surface area contributed by atoms with Gasteiger partial charge in [0.15, 0.2) is 5.96 Å². The third-order valence-electron chi connectivity index (χ3n) is 4.80. The van der Waals surface area contributed by atoms with Crippen molar-refractivity contribution < 1.29 is 0 Å². The van der Waals surface area contributed by atoms with Crippen molar-refractivity contribution in [3.63, 3.8) is 0 Å². The molecule has 6 nitrogen and oxygen atoms in total. The summed E-state index contributed by atoms with van der Waals surface area (Å²) in [4.78, 5) is 11.6. The van der Waals surface area contributed by atoms with Crippen molar-refractivity contribution in [2.24, 2.45) is 18.0 Å². The Morgan fingerprint density at radius 1 is 1.29 bits per heavy atom. The molecular formula is C18H34N6. The average Bonchev–Trinajstić information content (AvgIpc) is 2.95. The van der Waals surface area contributed by atoms with Gasteiger partial charge in [0.2, 0.25) is 0 Å². The summed E-state index contributed by atoms with van der Waals surface area (Å²) in [5.41, 5.74) is 1.28. The van der Waals surface area contributed by atoms with E-state index in [-0.39, 0.29) is 0 Å². The molecule has 0 amide bonds. The van der Waals surface area contributed by atoms with Crippen LogP contribution in [0.3, 0.4) is 0 Å². The standard InChI is InChI=1S/C18H34N6/c1-16(14-24-11-9-21(3)10-12-24)13-20-18(19-2)23(5)15-17-7-6-8-22(17)4/h6-8,16H,9-15H2,1-5H3,(H,19,20). The van der Waals surface area contributed by atoms with E-state index in [1.807, 2.05) is 7.05 Å². The molecule has 1 fully saturated rings. The van der Waals surface area contributed by atoms with Crippen LogP contribution in [0.1, 0.15) is 12.6 Å². The summed E-state index contributed by atoms with van der Waals surface area (Å²) >= 11 is 0. The van der Waals surface area contributed by atoms with Crippen LogP contribution < -0.4 is 5.32 Å². The largest absolute Gasteiger partial charge is 0.356 e. The van der Waals surface area contributed by atoms with Crippen LogP contribution in [0.5, 0.6) is 0 Å². The molecule has 1 aliphatic heterocycles. The molecule has 136 valence electrons. The van der Waals surface area contributed by atoms with Gasteiger partial charge in [-0.25, -0.2) is 0 Å². The van der Waals surface area contributed by atoms with E-state index in [4.69, 9.17) is 0 Å². The van der Waals surface area contributed by atoms with Gasteiger partial charge < -0.3 is 24.6 Å². The molecule has 1 aromatic rings. The molecule has 1 atom stereocenters. The highest BCUT2D eigenvalue weighted by molar-refractivity contribution is 5.79. The van der Waals surface area contributed by atoms with Crippen molar-refractivity contribution in [3.05, 3.63) is 24.0 Å². The summed E-state index contributed by atoms with van der Waals surface area (Å²) in [7, 11) is 8.23. The van der Waals surface area contributed by atoms with Gasteiger partial charge in [-0.15, -0.1) is 0 Å². The molecular weight excluding hydrogens is 300 g/mol. The first-order chi connectivity index (χ1) is 11.5. The fraction of sp³-hybridized carbons (Fsp3) is 0.722. The first-order valence-corrected chi connectivity index (χ1v) is 8.92. The maximum absolute atomic E-state index is 4.43. The number of piperazine rings is 1. The zero-order chi connectivity index (χ0) is 17.5. The third-order valence-corrected chi connectivity index (χ3v) is 4.80. The van der Waals surface area contributed by atoms with E-state index in [0.29, 0.717) is 5.92 Å². The molecule has 1 aromatic heterocycles. The van der Waals surface area contributed by atoms with Crippen molar-refractivity contribution >= 4 is 5.96 Å². The Morgan fingerprint density at radius 2 is 2.00 bits per heavy atom. The van der Waals surface area contributed by atoms with Gasteiger partial charge in [0, 0.05) is 72.3 Å². The normalized spacial score (nSPS) is 18.6. The van der Waals surface area contributed by atoms with Gasteiger partial charge in [-0.05, 0) is 25.1 Å². The van der Waals surface area contributed by atoms with Crippen LogP contribution in [0.2, 0.25) is 0 Å². The number of hydrogen-bond donors (Lipinski definition) is 1. The second-order valence-electron chi connectivity index (χ2n) is 7.10. The van der Waals surface area contributed by atoms with Crippen molar-refractivity contribution in [1.29, 1.82) is 0 Å². The van der Waals surface area contributed by atoms with E-state index in [9.17, 15) is 0 Å². The maximum atomic E-state index is 4.43. The first-order valence-electron chi connectivity index (χ1n) is 8.92. The van der Waals surface area contributed by atoms with Crippen LogP contribution in [0.15, 0.2) is 23.3 Å². The average molecular weight is 335 g/mol. The Labute approximate surface area is 147 Å². The first kappa shape index (κ1) is 18.8. The van der Waals surface area contributed by atoms with Gasteiger partial charge in [-0.1, -0.05) is 6.92 Å². The highest BCUT2D eigenvalue weighted by Crippen LogP contribution is 2.06. The number of aromatic nitrogens is 1. The molecule has 6 heteroatoms. The number of rotatable bonds is 6. The molecule has 0 saturated carbocycles. The summed E-state index contributed by atoms with van der Waals surface area (Å²) in [6.07, 6.45) is 2.08. The minimum Gasteiger partial charge on any atom is -0.356 e. The SMILES string of the molecule is CN=C(NCC(C)CN1CCN(C)CC1)N(C)Cc1cccn1C. The number of nitrogens with one attached hydrogen (secondary N) is 1. The number of guanidine groups is 1. The van der Waals surface area contributed by atoms with Crippen molar-refractivity contribution in [2.45, 2.75) is 13.5 Å². The summed E-state index contributed by atoms with van der Waals surface area (Å²) in [6.45, 7) is 10.0. The smallest absolute Gasteiger partial charge is 0.193 e. The van der Waals surface area contributed by atoms with E-state index < -0.39 is 0 Å². The Balaban J connectivity index is 1.75. The van der Waals surface area contributed by atoms with Crippen LogP contribution in [0.4, 0.5) is 0 Å². The van der Waals surface area contributed by atoms with Crippen LogP contribution in [-0.4, -0.2) is 85.6 Å². The van der Waals surface area contributed by atoms with Crippen molar-refractivity contribution in [3.8, 4) is 0 Å². The lowest BCUT2D eigenvalue weighted by Crippen LogP contribution is -2.47. The molecule has 2 heterocycles. The highest BCUT2D eigenvalue weighted by Gasteiger charge is 2.16. The minimum atomic E-state index is 0.605. The van der Waals surface area contributed by atoms with Gasteiger partial charge >= 0.3 is 0 Å². The third kappa shape index (κ3) is 5.53. The second-order valence-corrected chi connectivity index (χ2v) is 7.10. The highest BCUT2D eigenvalue weighted by atomic mass is 15.3. The monoisotopic (exact) mass is 334 g/mol. The van der Waals surface area contributed by atoms with Gasteiger partial charge in [-0.3, -0.25) is 4.99 Å². The molecule has 0 radical (unpaired) electrons. The fourth-order valence-electron chi connectivity index (χ4n) is 3.16. The molecule has 1 aliphatic rings. The maximum Gasteiger partial charge on any atom is 0.193 e. The van der Waals surface area contributed by atoms with E-state index in [0.717, 1.165) is 25.6 Å². The van der Waals surface area contributed by atoms with Gasteiger partial charge in [0.1, 0.15) is 0 Å². The van der Waals surface area contributed by atoms with E-state index >= 15 is 0 Å². The number of aryl methyl sites for hydroxylation is 1. The Morgan fingerprint density at radius 3 is 2.58 bits per heavy atom. The number of likely N-dealkylation sites (N-methyl/N-ethyl adjacent to an activating group) is 1. The summed E-state index contributed by atoms with van der Waals surface area (Å²) in [6, 6.07) is 4.23. The zero-order valence-electron chi connectivity index (χ0n) is 16.0. The number of nitrogens with zero attached hydrogens (tertiary/aromatic N) is 5. The predicted molar refractivity (Wildman–Crippen MR) is 101 cm³/mol. The molecule has 1 unspecified atom stereocenters. The van der Waals surface area contributed by atoms with Gasteiger partial charge in [0.05, 0.1) is 6.54 Å². The molecule has 2 rings (SSSR count). The van der Waals surface area contributed by atoms with Crippen LogP contribution in [-0.2, 0) is 13.6 Å². The van der Waals surface area contributed by atoms with Crippen molar-refractivity contribution in [1.82, 2.24) is 24.6 Å². The van der Waals surface area contributed by atoms with Crippen molar-refractivity contribution in [2.75, 3.05) is 60.4 Å². The summed E-state index contributed by atoms with van der Waals surface area (Å²) in [5.74, 6) is 1.56. The molecule has 0 aromatic carbocycles.